The van der Waals surface area contributed by atoms with Gasteiger partial charge in [-0.05, 0) is 35.9 Å². The van der Waals surface area contributed by atoms with Gasteiger partial charge in [0.25, 0.3) is 0 Å². The number of hydrogen-bond acceptors (Lipinski definition) is 15. The summed E-state index contributed by atoms with van der Waals surface area (Å²) in [7, 11) is 9.05. The SMILES string of the molecule is COCOCC1Oc2c(OCOC)cc(C=CC(=O)c3ncc(OCOC)cc3OCOC)cc2OC1c1ccc(OCOC)c(OC)c1. The minimum atomic E-state index is -0.658. The van der Waals surface area contributed by atoms with Crippen LogP contribution in [0.1, 0.15) is 27.7 Å². The van der Waals surface area contributed by atoms with Gasteiger partial charge in [-0.2, -0.15) is 0 Å². The van der Waals surface area contributed by atoms with E-state index in [0.717, 1.165) is 5.56 Å². The number of fused-ring (bicyclic) bond motifs is 1. The van der Waals surface area contributed by atoms with Crippen molar-refractivity contribution in [2.75, 3.05) is 83.2 Å². The molecule has 0 saturated heterocycles. The van der Waals surface area contributed by atoms with Gasteiger partial charge in [0.1, 0.15) is 12.5 Å². The summed E-state index contributed by atoms with van der Waals surface area (Å²) >= 11 is 0. The normalized spacial score (nSPS) is 15.2. The molecule has 2 aromatic carbocycles. The Labute approximate surface area is 284 Å². The number of rotatable bonds is 21. The van der Waals surface area contributed by atoms with Crippen molar-refractivity contribution in [1.29, 1.82) is 0 Å². The molecule has 2 atom stereocenters. The van der Waals surface area contributed by atoms with E-state index in [1.807, 2.05) is 6.07 Å². The van der Waals surface area contributed by atoms with E-state index in [2.05, 4.69) is 4.98 Å². The number of ketones is 1. The highest BCUT2D eigenvalue weighted by Crippen LogP contribution is 2.47. The van der Waals surface area contributed by atoms with Crippen molar-refractivity contribution < 1.29 is 66.4 Å². The maximum atomic E-state index is 13.3. The summed E-state index contributed by atoms with van der Waals surface area (Å²) in [6.07, 6.45) is 3.06. The number of carbonyl (C=O) groups is 1. The molecule has 0 radical (unpaired) electrons. The summed E-state index contributed by atoms with van der Waals surface area (Å²) in [5.41, 5.74) is 1.34. The van der Waals surface area contributed by atoms with Crippen LogP contribution in [0.5, 0.6) is 40.2 Å². The van der Waals surface area contributed by atoms with Gasteiger partial charge in [-0.3, -0.25) is 4.79 Å². The Hall–Kier alpha value is -4.64. The molecule has 0 aliphatic carbocycles. The lowest BCUT2D eigenvalue weighted by Gasteiger charge is -2.35. The fourth-order valence-corrected chi connectivity index (χ4v) is 4.61. The Kier molecular flexibility index (Phi) is 14.7. The molecule has 1 aromatic heterocycles. The monoisotopic (exact) mass is 687 g/mol. The number of carbonyl (C=O) groups excluding carboxylic acids is 1. The van der Waals surface area contributed by atoms with Crippen LogP contribution in [-0.2, 0) is 28.4 Å². The van der Waals surface area contributed by atoms with Gasteiger partial charge in [-0.25, -0.2) is 4.98 Å². The molecule has 1 aliphatic heterocycles. The van der Waals surface area contributed by atoms with Crippen LogP contribution >= 0.6 is 0 Å². The minimum absolute atomic E-state index is 0.000374. The van der Waals surface area contributed by atoms with Crippen LogP contribution in [0.2, 0.25) is 0 Å². The molecule has 0 fully saturated rings. The maximum absolute atomic E-state index is 13.3. The minimum Gasteiger partial charge on any atom is -0.493 e. The highest BCUT2D eigenvalue weighted by molar-refractivity contribution is 6.07. The molecular formula is C34H41NO14. The second kappa shape index (κ2) is 19.4. The summed E-state index contributed by atoms with van der Waals surface area (Å²) in [4.78, 5) is 17.6. The van der Waals surface area contributed by atoms with Gasteiger partial charge in [0.2, 0.25) is 11.5 Å². The molecule has 15 nitrogen and oxygen atoms in total. The molecule has 2 unspecified atom stereocenters. The van der Waals surface area contributed by atoms with Gasteiger partial charge in [0.15, 0.2) is 73.8 Å². The van der Waals surface area contributed by atoms with Crippen LogP contribution in [0, 0.1) is 0 Å². The van der Waals surface area contributed by atoms with E-state index < -0.39 is 18.0 Å². The number of benzene rings is 2. The Morgan fingerprint density at radius 3 is 2.10 bits per heavy atom. The smallest absolute Gasteiger partial charge is 0.208 e. The van der Waals surface area contributed by atoms with E-state index in [1.165, 1.54) is 61.0 Å². The fraction of sp³-hybridized carbons (Fsp3) is 0.412. The zero-order valence-corrected chi connectivity index (χ0v) is 28.3. The predicted molar refractivity (Wildman–Crippen MR) is 173 cm³/mol. The van der Waals surface area contributed by atoms with Crippen LogP contribution in [0.3, 0.4) is 0 Å². The number of pyridine rings is 1. The average Bonchev–Trinajstić information content (AvgIpc) is 3.13. The van der Waals surface area contributed by atoms with Gasteiger partial charge >= 0.3 is 0 Å². The van der Waals surface area contributed by atoms with E-state index in [0.29, 0.717) is 40.1 Å². The van der Waals surface area contributed by atoms with Crippen molar-refractivity contribution in [1.82, 2.24) is 4.98 Å². The van der Waals surface area contributed by atoms with Crippen molar-refractivity contribution in [3.05, 3.63) is 65.5 Å². The maximum Gasteiger partial charge on any atom is 0.208 e. The number of nitrogens with zero attached hydrogens (tertiary/aromatic N) is 1. The first-order chi connectivity index (χ1) is 24.0. The molecule has 0 bridgehead atoms. The van der Waals surface area contributed by atoms with Crippen molar-refractivity contribution in [2.45, 2.75) is 12.2 Å². The van der Waals surface area contributed by atoms with E-state index in [1.54, 1.807) is 30.3 Å². The second-order valence-corrected chi connectivity index (χ2v) is 10.1. The van der Waals surface area contributed by atoms with Crippen molar-refractivity contribution >= 4 is 11.9 Å². The van der Waals surface area contributed by atoms with Crippen LogP contribution < -0.4 is 33.2 Å². The zero-order chi connectivity index (χ0) is 35.0. The standard InChI is InChI=1S/C34H41NO14/c1-37-17-43-16-31-33(23-8-10-26(45-19-39-3)27(13-23)42-6)48-30-12-22(11-29(34(30)49-31)47-21-41-5)7-9-25(36)32-28(46-20-40-4)14-24(15-35-32)44-18-38-2/h7-15,31,33H,16-21H2,1-6H3. The van der Waals surface area contributed by atoms with Crippen molar-refractivity contribution in [3.63, 3.8) is 0 Å². The molecule has 0 amide bonds. The van der Waals surface area contributed by atoms with E-state index >= 15 is 0 Å². The van der Waals surface area contributed by atoms with Gasteiger partial charge < -0.3 is 61.6 Å². The van der Waals surface area contributed by atoms with Gasteiger partial charge in [0.05, 0.1) is 19.9 Å². The molecule has 4 rings (SSSR count). The molecule has 0 spiro atoms. The summed E-state index contributed by atoms with van der Waals surface area (Å²) in [5, 5.41) is 0. The van der Waals surface area contributed by atoms with Crippen LogP contribution in [0.4, 0.5) is 0 Å². The first-order valence-electron chi connectivity index (χ1n) is 14.9. The molecule has 0 N–H and O–H groups in total. The van der Waals surface area contributed by atoms with Gasteiger partial charge in [0, 0.05) is 47.2 Å². The molecule has 266 valence electrons. The first kappa shape index (κ1) is 37.2. The van der Waals surface area contributed by atoms with E-state index in [9.17, 15) is 4.79 Å². The topological polar surface area (TPSA) is 150 Å². The highest BCUT2D eigenvalue weighted by Gasteiger charge is 2.36. The molecular weight excluding hydrogens is 646 g/mol. The van der Waals surface area contributed by atoms with Gasteiger partial charge in [-0.15, -0.1) is 0 Å². The van der Waals surface area contributed by atoms with Crippen molar-refractivity contribution in [2.24, 2.45) is 0 Å². The third kappa shape index (κ3) is 10.2. The number of methoxy groups -OCH3 is 6. The van der Waals surface area contributed by atoms with Crippen LogP contribution in [0.15, 0.2) is 48.7 Å². The third-order valence-corrected chi connectivity index (χ3v) is 6.73. The molecule has 15 heteroatoms. The Morgan fingerprint density at radius 1 is 0.735 bits per heavy atom. The molecule has 0 saturated carbocycles. The van der Waals surface area contributed by atoms with Crippen LogP contribution in [0.25, 0.3) is 6.08 Å². The fourth-order valence-electron chi connectivity index (χ4n) is 4.61. The Balaban J connectivity index is 1.68. The quantitative estimate of drug-likeness (QED) is 0.0672. The largest absolute Gasteiger partial charge is 0.493 e. The lowest BCUT2D eigenvalue weighted by Crippen LogP contribution is -2.37. The lowest BCUT2D eigenvalue weighted by molar-refractivity contribution is -0.0880. The number of aromatic nitrogens is 1. The summed E-state index contributed by atoms with van der Waals surface area (Å²) in [6, 6.07) is 10.3. The predicted octanol–water partition coefficient (Wildman–Crippen LogP) is 4.42. The van der Waals surface area contributed by atoms with Crippen LogP contribution in [-0.4, -0.2) is 100 Å². The highest BCUT2D eigenvalue weighted by atomic mass is 16.7. The molecule has 3 aromatic rings. The summed E-state index contributed by atoms with van der Waals surface area (Å²) < 4.78 is 72.0. The number of ether oxygens (including phenoxy) is 13. The molecule has 49 heavy (non-hydrogen) atoms. The third-order valence-electron chi connectivity index (χ3n) is 6.73. The Bertz CT molecular complexity index is 1530. The number of hydrogen-bond donors (Lipinski definition) is 0. The van der Waals surface area contributed by atoms with E-state index in [4.69, 9.17) is 61.6 Å². The zero-order valence-electron chi connectivity index (χ0n) is 28.3. The second-order valence-electron chi connectivity index (χ2n) is 10.1. The molecule has 1 aliphatic rings. The van der Waals surface area contributed by atoms with Gasteiger partial charge in [-0.1, -0.05) is 12.1 Å². The lowest BCUT2D eigenvalue weighted by atomic mass is 10.0. The molecule has 2 heterocycles. The number of allylic oxidation sites excluding steroid dienone is 1. The average molecular weight is 688 g/mol. The van der Waals surface area contributed by atoms with E-state index in [-0.39, 0.29) is 52.0 Å². The summed E-state index contributed by atoms with van der Waals surface area (Å²) in [5.74, 6) is 2.07. The Morgan fingerprint density at radius 2 is 1.41 bits per heavy atom. The first-order valence-corrected chi connectivity index (χ1v) is 14.9. The van der Waals surface area contributed by atoms with Crippen molar-refractivity contribution in [3.8, 4) is 40.2 Å². The summed E-state index contributed by atoms with van der Waals surface area (Å²) in [6.45, 7) is 0.0479.